The lowest BCUT2D eigenvalue weighted by Crippen LogP contribution is -2.38. The zero-order valence-corrected chi connectivity index (χ0v) is 17.0. The van der Waals surface area contributed by atoms with Gasteiger partial charge in [-0.2, -0.15) is 5.10 Å². The molecule has 1 N–H and O–H groups in total. The van der Waals surface area contributed by atoms with Crippen LogP contribution in [-0.4, -0.2) is 45.1 Å². The van der Waals surface area contributed by atoms with Crippen LogP contribution in [0.25, 0.3) is 0 Å². The highest BCUT2D eigenvalue weighted by molar-refractivity contribution is 6.00. The van der Waals surface area contributed by atoms with Crippen molar-refractivity contribution in [3.05, 3.63) is 41.9 Å². The van der Waals surface area contributed by atoms with Crippen LogP contribution < -0.4 is 5.32 Å². The fraction of sp³-hybridized carbons (Fsp3) is 0.591. The van der Waals surface area contributed by atoms with E-state index in [1.165, 1.54) is 32.4 Å². The molecule has 1 unspecified atom stereocenters. The number of piperidine rings is 1. The zero-order chi connectivity index (χ0) is 19.6. The number of ketones is 1. The number of carbonyl (C=O) groups is 1. The van der Waals surface area contributed by atoms with Gasteiger partial charge in [-0.15, -0.1) is 0 Å². The molecule has 2 aromatic heterocycles. The monoisotopic (exact) mass is 381 g/mol. The number of Topliss-reactive ketones (excluding diaryl/α,β-unsaturated/α-hetero) is 1. The fourth-order valence-corrected chi connectivity index (χ4v) is 4.49. The standard InChI is InChI=1S/C22H31N5O/c1-22(2)15-19(18-9-4-5-11-23-18)25-21-17(16-24-27(21)22)20(28)10-8-14-26-12-6-3-7-13-26/h4-5,9,11,16,19,25H,3,6-8,10,12-15H2,1-2H3. The number of hydrogen-bond acceptors (Lipinski definition) is 5. The van der Waals surface area contributed by atoms with E-state index in [9.17, 15) is 4.79 Å². The van der Waals surface area contributed by atoms with Gasteiger partial charge < -0.3 is 10.2 Å². The molecule has 1 fully saturated rings. The van der Waals surface area contributed by atoms with Crippen LogP contribution in [0.15, 0.2) is 30.6 Å². The number of likely N-dealkylation sites (tertiary alicyclic amines) is 1. The van der Waals surface area contributed by atoms with E-state index in [1.807, 2.05) is 29.1 Å². The van der Waals surface area contributed by atoms with E-state index >= 15 is 0 Å². The predicted octanol–water partition coefficient (Wildman–Crippen LogP) is 4.02. The van der Waals surface area contributed by atoms with Crippen molar-refractivity contribution in [3.8, 4) is 0 Å². The molecule has 0 aromatic carbocycles. The molecule has 0 aliphatic carbocycles. The number of nitrogens with zero attached hydrogens (tertiary/aromatic N) is 4. The Morgan fingerprint density at radius 2 is 2.07 bits per heavy atom. The number of fused-ring (bicyclic) bond motifs is 1. The van der Waals surface area contributed by atoms with Crippen LogP contribution in [0.1, 0.15) is 74.5 Å². The van der Waals surface area contributed by atoms with Crippen molar-refractivity contribution in [2.45, 2.75) is 64.0 Å². The van der Waals surface area contributed by atoms with Gasteiger partial charge in [-0.05, 0) is 71.3 Å². The first-order chi connectivity index (χ1) is 13.5. The maximum absolute atomic E-state index is 12.9. The molecule has 1 atom stereocenters. The average molecular weight is 382 g/mol. The molecule has 1 saturated heterocycles. The van der Waals surface area contributed by atoms with Gasteiger partial charge in [-0.1, -0.05) is 12.5 Å². The Hall–Kier alpha value is -2.21. The third-order valence-corrected chi connectivity index (χ3v) is 6.03. The summed E-state index contributed by atoms with van der Waals surface area (Å²) in [6.07, 6.45) is 9.86. The lowest BCUT2D eigenvalue weighted by Gasteiger charge is -2.38. The van der Waals surface area contributed by atoms with Crippen LogP contribution in [0, 0.1) is 0 Å². The normalized spacial score (nSPS) is 21.7. The van der Waals surface area contributed by atoms with Crippen LogP contribution in [-0.2, 0) is 5.54 Å². The van der Waals surface area contributed by atoms with Crippen molar-refractivity contribution in [1.82, 2.24) is 19.7 Å². The second-order valence-corrected chi connectivity index (χ2v) is 8.72. The van der Waals surface area contributed by atoms with Gasteiger partial charge in [0, 0.05) is 12.6 Å². The molecule has 28 heavy (non-hydrogen) atoms. The third-order valence-electron chi connectivity index (χ3n) is 6.03. The van der Waals surface area contributed by atoms with Crippen LogP contribution in [0.5, 0.6) is 0 Å². The molecule has 2 aromatic rings. The summed E-state index contributed by atoms with van der Waals surface area (Å²) in [7, 11) is 0. The van der Waals surface area contributed by atoms with Crippen molar-refractivity contribution in [2.24, 2.45) is 0 Å². The number of aromatic nitrogens is 3. The maximum atomic E-state index is 12.9. The summed E-state index contributed by atoms with van der Waals surface area (Å²) in [6, 6.07) is 6.06. The summed E-state index contributed by atoms with van der Waals surface area (Å²) in [5, 5.41) is 8.10. The van der Waals surface area contributed by atoms with Crippen LogP contribution in [0.3, 0.4) is 0 Å². The summed E-state index contributed by atoms with van der Waals surface area (Å²) in [5.41, 5.74) is 1.55. The van der Waals surface area contributed by atoms with Crippen molar-refractivity contribution in [1.29, 1.82) is 0 Å². The Bertz CT molecular complexity index is 808. The van der Waals surface area contributed by atoms with Gasteiger partial charge >= 0.3 is 0 Å². The van der Waals surface area contributed by atoms with E-state index in [-0.39, 0.29) is 17.4 Å². The molecular formula is C22H31N5O. The number of carbonyl (C=O) groups excluding carboxylic acids is 1. The highest BCUT2D eigenvalue weighted by Crippen LogP contribution is 2.39. The summed E-state index contributed by atoms with van der Waals surface area (Å²) in [4.78, 5) is 20.0. The van der Waals surface area contributed by atoms with Crippen molar-refractivity contribution in [2.75, 3.05) is 25.0 Å². The zero-order valence-electron chi connectivity index (χ0n) is 17.0. The molecule has 0 amide bonds. The second kappa shape index (κ2) is 8.03. The molecule has 0 radical (unpaired) electrons. The van der Waals surface area contributed by atoms with Gasteiger partial charge in [0.25, 0.3) is 0 Å². The Morgan fingerprint density at radius 3 is 2.82 bits per heavy atom. The van der Waals surface area contributed by atoms with Crippen molar-refractivity contribution >= 4 is 11.6 Å². The Kier molecular flexibility index (Phi) is 5.49. The van der Waals surface area contributed by atoms with Gasteiger partial charge in [-0.3, -0.25) is 9.78 Å². The first-order valence-electron chi connectivity index (χ1n) is 10.6. The van der Waals surface area contributed by atoms with E-state index in [0.717, 1.165) is 30.9 Å². The molecular weight excluding hydrogens is 350 g/mol. The van der Waals surface area contributed by atoms with E-state index in [2.05, 4.69) is 34.1 Å². The van der Waals surface area contributed by atoms with Crippen molar-refractivity contribution in [3.63, 3.8) is 0 Å². The van der Waals surface area contributed by atoms with E-state index in [1.54, 1.807) is 6.20 Å². The van der Waals surface area contributed by atoms with Gasteiger partial charge in [0.15, 0.2) is 5.78 Å². The third kappa shape index (κ3) is 3.97. The summed E-state index contributed by atoms with van der Waals surface area (Å²) >= 11 is 0. The molecule has 0 spiro atoms. The maximum Gasteiger partial charge on any atom is 0.168 e. The topological polar surface area (TPSA) is 63.1 Å². The fourth-order valence-electron chi connectivity index (χ4n) is 4.49. The Labute approximate surface area is 167 Å². The minimum Gasteiger partial charge on any atom is -0.361 e. The van der Waals surface area contributed by atoms with Crippen LogP contribution >= 0.6 is 0 Å². The summed E-state index contributed by atoms with van der Waals surface area (Å²) in [5.74, 6) is 1.03. The van der Waals surface area contributed by atoms with E-state index in [4.69, 9.17) is 0 Å². The lowest BCUT2D eigenvalue weighted by atomic mass is 9.90. The predicted molar refractivity (Wildman–Crippen MR) is 111 cm³/mol. The molecule has 6 heteroatoms. The number of pyridine rings is 1. The van der Waals surface area contributed by atoms with Gasteiger partial charge in [0.05, 0.1) is 29.0 Å². The number of hydrogen-bond donors (Lipinski definition) is 1. The molecule has 2 aliphatic rings. The molecule has 4 heterocycles. The van der Waals surface area contributed by atoms with Gasteiger partial charge in [0.1, 0.15) is 5.82 Å². The van der Waals surface area contributed by atoms with Crippen LogP contribution in [0.2, 0.25) is 0 Å². The number of nitrogens with one attached hydrogen (secondary N) is 1. The van der Waals surface area contributed by atoms with E-state index in [0.29, 0.717) is 12.0 Å². The van der Waals surface area contributed by atoms with E-state index < -0.39 is 0 Å². The Morgan fingerprint density at radius 1 is 1.25 bits per heavy atom. The largest absolute Gasteiger partial charge is 0.361 e. The lowest BCUT2D eigenvalue weighted by molar-refractivity contribution is 0.0973. The van der Waals surface area contributed by atoms with Crippen LogP contribution in [0.4, 0.5) is 5.82 Å². The first kappa shape index (κ1) is 19.1. The smallest absolute Gasteiger partial charge is 0.168 e. The molecule has 0 saturated carbocycles. The molecule has 2 aliphatic heterocycles. The average Bonchev–Trinajstić information content (AvgIpc) is 3.14. The highest BCUT2D eigenvalue weighted by atomic mass is 16.1. The first-order valence-corrected chi connectivity index (χ1v) is 10.6. The van der Waals surface area contributed by atoms with Gasteiger partial charge in [-0.25, -0.2) is 4.68 Å². The second-order valence-electron chi connectivity index (χ2n) is 8.72. The summed E-state index contributed by atoms with van der Waals surface area (Å²) in [6.45, 7) is 7.72. The highest BCUT2D eigenvalue weighted by Gasteiger charge is 2.36. The SMILES string of the molecule is CC1(C)CC(c2ccccn2)Nc2c(C(=O)CCCN3CCCCC3)cnn21. The number of anilines is 1. The van der Waals surface area contributed by atoms with Crippen molar-refractivity contribution < 1.29 is 4.79 Å². The molecule has 6 nitrogen and oxygen atoms in total. The minimum atomic E-state index is -0.172. The van der Waals surface area contributed by atoms with Gasteiger partial charge in [0.2, 0.25) is 0 Å². The quantitative estimate of drug-likeness (QED) is 0.766. The Balaban J connectivity index is 1.46. The molecule has 4 rings (SSSR count). The molecule has 150 valence electrons. The number of rotatable bonds is 6. The summed E-state index contributed by atoms with van der Waals surface area (Å²) < 4.78 is 1.98. The molecule has 0 bridgehead atoms. The minimum absolute atomic E-state index is 0.0836.